The van der Waals surface area contributed by atoms with Crippen molar-refractivity contribution in [3.63, 3.8) is 0 Å². The van der Waals surface area contributed by atoms with Gasteiger partial charge in [-0.25, -0.2) is 13.1 Å². The molecule has 0 fully saturated rings. The first-order valence-corrected chi connectivity index (χ1v) is 10.6. The molecule has 0 aliphatic rings. The number of sulfonamides is 1. The number of methoxy groups -OCH3 is 1. The van der Waals surface area contributed by atoms with Crippen molar-refractivity contribution in [1.82, 2.24) is 4.72 Å². The molecule has 1 atom stereocenters. The number of benzene rings is 1. The van der Waals surface area contributed by atoms with E-state index in [-0.39, 0.29) is 11.4 Å². The van der Waals surface area contributed by atoms with E-state index in [4.69, 9.17) is 4.74 Å². The highest BCUT2D eigenvalue weighted by Gasteiger charge is 2.17. The van der Waals surface area contributed by atoms with Crippen molar-refractivity contribution < 1.29 is 18.3 Å². The van der Waals surface area contributed by atoms with Crippen molar-refractivity contribution >= 4 is 32.7 Å². The molecule has 132 valence electrons. The fraction of sp³-hybridized carbons (Fsp3) is 0.176. The van der Waals surface area contributed by atoms with Crippen LogP contribution in [0.1, 0.15) is 20.7 Å². The first-order valence-electron chi connectivity index (χ1n) is 7.43. The highest BCUT2D eigenvalue weighted by Crippen LogP contribution is 2.31. The van der Waals surface area contributed by atoms with Gasteiger partial charge in [0.2, 0.25) is 10.0 Å². The van der Waals surface area contributed by atoms with Crippen molar-refractivity contribution in [2.24, 2.45) is 0 Å². The number of hydrogen-bond donors (Lipinski definition) is 2. The number of thiophene rings is 2. The Balaban J connectivity index is 1.69. The monoisotopic (exact) mass is 395 g/mol. The summed E-state index contributed by atoms with van der Waals surface area (Å²) >= 11 is 2.87. The normalized spacial score (nSPS) is 12.9. The van der Waals surface area contributed by atoms with Gasteiger partial charge in [-0.15, -0.1) is 22.7 Å². The summed E-state index contributed by atoms with van der Waals surface area (Å²) in [7, 11) is -2.14. The molecule has 0 amide bonds. The van der Waals surface area contributed by atoms with E-state index in [1.807, 2.05) is 29.6 Å². The Morgan fingerprint density at radius 3 is 2.72 bits per heavy atom. The molecule has 0 aliphatic heterocycles. The Morgan fingerprint density at radius 2 is 2.00 bits per heavy atom. The van der Waals surface area contributed by atoms with Gasteiger partial charge in [-0.1, -0.05) is 12.1 Å². The zero-order valence-corrected chi connectivity index (χ0v) is 15.8. The number of nitrogens with one attached hydrogen (secondary N) is 1. The smallest absolute Gasteiger partial charge is 0.241 e. The van der Waals surface area contributed by atoms with E-state index < -0.39 is 16.1 Å². The molecule has 0 bridgehead atoms. The zero-order chi connectivity index (χ0) is 17.9. The molecule has 1 aromatic carbocycles. The molecule has 2 aromatic heterocycles. The molecule has 0 saturated heterocycles. The summed E-state index contributed by atoms with van der Waals surface area (Å²) in [5.41, 5.74) is 0. The van der Waals surface area contributed by atoms with E-state index in [2.05, 4.69) is 4.72 Å². The topological polar surface area (TPSA) is 75.6 Å². The van der Waals surface area contributed by atoms with Gasteiger partial charge < -0.3 is 9.84 Å². The van der Waals surface area contributed by atoms with Gasteiger partial charge in [0.25, 0.3) is 0 Å². The summed E-state index contributed by atoms with van der Waals surface area (Å²) in [4.78, 5) is 2.64. The minimum Gasteiger partial charge on any atom is -0.497 e. The minimum absolute atomic E-state index is 0.155. The van der Waals surface area contributed by atoms with Gasteiger partial charge in [0, 0.05) is 27.2 Å². The maximum absolute atomic E-state index is 12.4. The zero-order valence-electron chi connectivity index (χ0n) is 13.4. The third-order valence-corrected chi connectivity index (χ3v) is 7.01. The molecule has 0 radical (unpaired) electrons. The Labute approximate surface area is 154 Å². The molecule has 0 aliphatic carbocycles. The first kappa shape index (κ1) is 18.1. The van der Waals surface area contributed by atoms with Crippen LogP contribution in [0.5, 0.6) is 5.75 Å². The van der Waals surface area contributed by atoms with Crippen LogP contribution in [-0.2, 0) is 16.6 Å². The molecule has 2 N–H and O–H groups in total. The van der Waals surface area contributed by atoms with Gasteiger partial charge in [0.1, 0.15) is 11.9 Å². The van der Waals surface area contributed by atoms with Crippen LogP contribution in [0.4, 0.5) is 0 Å². The van der Waals surface area contributed by atoms with E-state index in [1.165, 1.54) is 41.9 Å². The van der Waals surface area contributed by atoms with Gasteiger partial charge in [-0.05, 0) is 35.7 Å². The lowest BCUT2D eigenvalue weighted by atomic mass is 10.2. The minimum atomic E-state index is -3.63. The Kier molecular flexibility index (Phi) is 5.55. The maximum Gasteiger partial charge on any atom is 0.241 e. The predicted molar refractivity (Wildman–Crippen MR) is 99.7 cm³/mol. The van der Waals surface area contributed by atoms with E-state index in [1.54, 1.807) is 12.1 Å². The average molecular weight is 396 g/mol. The largest absolute Gasteiger partial charge is 0.497 e. The summed E-state index contributed by atoms with van der Waals surface area (Å²) < 4.78 is 32.4. The number of hydrogen-bond acceptors (Lipinski definition) is 6. The van der Waals surface area contributed by atoms with Crippen LogP contribution in [0.3, 0.4) is 0 Å². The standard InChI is InChI=1S/C17H17NO4S3/c1-22-12-4-2-5-14(10-12)25(20,21)18-11-13-7-8-16(24-13)17(19)15-6-3-9-23-15/h2-10,17-19H,11H2,1H3. The Morgan fingerprint density at radius 1 is 1.16 bits per heavy atom. The van der Waals surface area contributed by atoms with Gasteiger partial charge in [-0.2, -0.15) is 0 Å². The third kappa shape index (κ3) is 4.28. The molecule has 3 rings (SSSR count). The Hall–Kier alpha value is -1.71. The van der Waals surface area contributed by atoms with Crippen LogP contribution in [-0.4, -0.2) is 20.6 Å². The molecule has 5 nitrogen and oxygen atoms in total. The number of rotatable bonds is 7. The summed E-state index contributed by atoms with van der Waals surface area (Å²) in [6.07, 6.45) is -0.672. The van der Waals surface area contributed by atoms with Crippen LogP contribution >= 0.6 is 22.7 Å². The second kappa shape index (κ2) is 7.67. The van der Waals surface area contributed by atoms with Gasteiger partial charge in [-0.3, -0.25) is 0 Å². The van der Waals surface area contributed by atoms with Gasteiger partial charge in [0.05, 0.1) is 12.0 Å². The molecule has 8 heteroatoms. The molecule has 3 aromatic rings. The fourth-order valence-corrected chi connectivity index (χ4v) is 5.13. The highest BCUT2D eigenvalue weighted by atomic mass is 32.2. The lowest BCUT2D eigenvalue weighted by Crippen LogP contribution is -2.22. The number of ether oxygens (including phenoxy) is 1. The van der Waals surface area contributed by atoms with Crippen LogP contribution < -0.4 is 9.46 Å². The van der Waals surface area contributed by atoms with Crippen molar-refractivity contribution in [3.8, 4) is 5.75 Å². The average Bonchev–Trinajstić information content (AvgIpc) is 3.31. The van der Waals surface area contributed by atoms with E-state index in [9.17, 15) is 13.5 Å². The molecule has 1 unspecified atom stereocenters. The van der Waals surface area contributed by atoms with Gasteiger partial charge >= 0.3 is 0 Å². The number of aliphatic hydroxyl groups excluding tert-OH is 1. The highest BCUT2D eigenvalue weighted by molar-refractivity contribution is 7.89. The second-order valence-corrected chi connectivity index (χ2v) is 9.17. The molecule has 2 heterocycles. The van der Waals surface area contributed by atoms with Gasteiger partial charge in [0.15, 0.2) is 0 Å². The molecule has 25 heavy (non-hydrogen) atoms. The third-order valence-electron chi connectivity index (χ3n) is 3.55. The summed E-state index contributed by atoms with van der Waals surface area (Å²) in [6, 6.07) is 13.7. The summed E-state index contributed by atoms with van der Waals surface area (Å²) in [6.45, 7) is 0.168. The number of aliphatic hydroxyl groups is 1. The summed E-state index contributed by atoms with van der Waals surface area (Å²) in [5, 5.41) is 12.2. The van der Waals surface area contributed by atoms with Crippen molar-refractivity contribution in [1.29, 1.82) is 0 Å². The van der Waals surface area contributed by atoms with Crippen LogP contribution in [0.15, 0.2) is 58.8 Å². The van der Waals surface area contributed by atoms with Crippen molar-refractivity contribution in [3.05, 3.63) is 68.5 Å². The quantitative estimate of drug-likeness (QED) is 0.643. The fourth-order valence-electron chi connectivity index (χ4n) is 2.24. The SMILES string of the molecule is COc1cccc(S(=O)(=O)NCc2ccc(C(O)c3cccs3)s2)c1. The molecule has 0 saturated carbocycles. The predicted octanol–water partition coefficient (Wildman–Crippen LogP) is 3.38. The molecular weight excluding hydrogens is 378 g/mol. The first-order chi connectivity index (χ1) is 12.0. The molecule has 0 spiro atoms. The van der Waals surface area contributed by atoms with Crippen LogP contribution in [0.2, 0.25) is 0 Å². The van der Waals surface area contributed by atoms with E-state index >= 15 is 0 Å². The lowest BCUT2D eigenvalue weighted by Gasteiger charge is -2.07. The van der Waals surface area contributed by atoms with Crippen molar-refractivity contribution in [2.75, 3.05) is 7.11 Å². The second-order valence-electron chi connectivity index (χ2n) is 5.23. The van der Waals surface area contributed by atoms with Crippen molar-refractivity contribution in [2.45, 2.75) is 17.5 Å². The Bertz CT molecular complexity index is 932. The van der Waals surface area contributed by atoms with E-state index in [0.717, 1.165) is 14.6 Å². The van der Waals surface area contributed by atoms with Crippen LogP contribution in [0.25, 0.3) is 0 Å². The lowest BCUT2D eigenvalue weighted by molar-refractivity contribution is 0.228. The molecular formula is C17H17NO4S3. The van der Waals surface area contributed by atoms with E-state index in [0.29, 0.717) is 5.75 Å². The van der Waals surface area contributed by atoms with Crippen LogP contribution in [0, 0.1) is 0 Å². The summed E-state index contributed by atoms with van der Waals surface area (Å²) in [5.74, 6) is 0.486. The maximum atomic E-state index is 12.4.